The van der Waals surface area contributed by atoms with Crippen LogP contribution in [0.5, 0.6) is 0 Å². The minimum atomic E-state index is -1.25. The number of nitrogens with zero attached hydrogens (tertiary/aromatic N) is 1. The quantitative estimate of drug-likeness (QED) is 0.0870. The molecule has 0 fully saturated rings. The van der Waals surface area contributed by atoms with Gasteiger partial charge in [0.05, 0.1) is 0 Å². The van der Waals surface area contributed by atoms with Gasteiger partial charge < -0.3 is 9.84 Å². The van der Waals surface area contributed by atoms with Crippen LogP contribution in [-0.2, 0) is 27.9 Å². The van der Waals surface area contributed by atoms with Gasteiger partial charge in [-0.2, -0.15) is 0 Å². The first-order chi connectivity index (χ1) is 17.8. The van der Waals surface area contributed by atoms with Crippen molar-refractivity contribution in [2.75, 3.05) is 5.88 Å². The molecule has 12 heteroatoms. The lowest BCUT2D eigenvalue weighted by molar-refractivity contribution is -0.142. The van der Waals surface area contributed by atoms with Crippen molar-refractivity contribution in [1.82, 2.24) is 4.90 Å². The molecule has 0 spiro atoms. The Morgan fingerprint density at radius 2 is 1.49 bits per heavy atom. The van der Waals surface area contributed by atoms with Crippen LogP contribution in [0.1, 0.15) is 12.0 Å². The number of benzene rings is 3. The number of rotatable bonds is 12. The highest BCUT2D eigenvalue weighted by atomic mass is 79.9. The van der Waals surface area contributed by atoms with Gasteiger partial charge in [-0.15, -0.1) is 11.6 Å². The first kappa shape index (κ1) is 30.4. The summed E-state index contributed by atoms with van der Waals surface area (Å²) in [6.07, 6.45) is -0.742. The lowest BCUT2D eigenvalue weighted by Crippen LogP contribution is -2.53. The maximum Gasteiger partial charge on any atom is 0.415 e. The molecule has 3 aromatic rings. The largest absolute Gasteiger partial charge is 0.480 e. The van der Waals surface area contributed by atoms with Crippen molar-refractivity contribution >= 4 is 98.2 Å². The Bertz CT molecular complexity index is 1160. The molecule has 0 aliphatic carbocycles. The molecule has 1 amide bonds. The molecule has 0 saturated heterocycles. The molecule has 5 nitrogen and oxygen atoms in total. The SMILES string of the molecule is O=C(O)C(CCCl)N(C(=O)OCc1ccccc1)C([PH+]=S)(Sc1ccc(Br)cc1)Sc1ccc(Br)cc1. The average Bonchev–Trinajstić information content (AvgIpc) is 2.90. The van der Waals surface area contributed by atoms with E-state index >= 15 is 0 Å². The van der Waals surface area contributed by atoms with Crippen LogP contribution < -0.4 is 0 Å². The zero-order chi connectivity index (χ0) is 26.8. The number of carboxylic acid groups (broad SMARTS) is 1. The van der Waals surface area contributed by atoms with E-state index in [9.17, 15) is 14.7 Å². The lowest BCUT2D eigenvalue weighted by atomic mass is 10.2. The van der Waals surface area contributed by atoms with Gasteiger partial charge in [-0.3, -0.25) is 0 Å². The van der Waals surface area contributed by atoms with E-state index in [1.807, 2.05) is 78.9 Å². The molecule has 2 unspecified atom stereocenters. The van der Waals surface area contributed by atoms with Crippen LogP contribution in [0.15, 0.2) is 97.6 Å². The molecular formula is C25H22Br2ClNO4PS3+. The summed E-state index contributed by atoms with van der Waals surface area (Å²) < 4.78 is 6.27. The predicted octanol–water partition coefficient (Wildman–Crippen LogP) is 8.57. The fraction of sp³-hybridized carbons (Fsp3) is 0.200. The number of hydrogen-bond acceptors (Lipinski definition) is 6. The number of hydrogen-bond donors (Lipinski definition) is 1. The minimum absolute atomic E-state index is 0.00803. The van der Waals surface area contributed by atoms with Gasteiger partial charge in [-0.25, -0.2) is 14.5 Å². The van der Waals surface area contributed by atoms with E-state index in [0.29, 0.717) is 0 Å². The fourth-order valence-electron chi connectivity index (χ4n) is 3.24. The molecule has 0 heterocycles. The normalized spacial score (nSPS) is 12.2. The number of thioether (sulfide) groups is 2. The molecule has 1 N–H and O–H groups in total. The summed E-state index contributed by atoms with van der Waals surface area (Å²) in [6, 6.07) is 23.1. The molecule has 0 aliphatic heterocycles. The second-order valence-corrected chi connectivity index (χ2v) is 14.8. The van der Waals surface area contributed by atoms with Crippen LogP contribution in [-0.4, -0.2) is 37.9 Å². The zero-order valence-corrected chi connectivity index (χ0v) is 26.6. The molecule has 0 bridgehead atoms. The number of halogens is 3. The lowest BCUT2D eigenvalue weighted by Gasteiger charge is -2.37. The first-order valence-electron chi connectivity index (χ1n) is 10.8. The van der Waals surface area contributed by atoms with Crippen LogP contribution in [0.3, 0.4) is 0 Å². The van der Waals surface area contributed by atoms with Gasteiger partial charge in [0.1, 0.15) is 12.6 Å². The van der Waals surface area contributed by atoms with Crippen LogP contribution in [0.2, 0.25) is 0 Å². The Hall–Kier alpha value is -1.13. The van der Waals surface area contributed by atoms with E-state index in [2.05, 4.69) is 31.9 Å². The van der Waals surface area contributed by atoms with E-state index < -0.39 is 22.0 Å². The summed E-state index contributed by atoms with van der Waals surface area (Å²) in [7, 11) is -0.297. The van der Waals surface area contributed by atoms with Gasteiger partial charge in [-0.1, -0.05) is 62.2 Å². The Kier molecular flexibility index (Phi) is 12.2. The Labute approximate surface area is 252 Å². The molecule has 0 aliphatic rings. The van der Waals surface area contributed by atoms with Gasteiger partial charge in [0.15, 0.2) is 11.8 Å². The topological polar surface area (TPSA) is 66.8 Å². The first-order valence-corrected chi connectivity index (χ1v) is 16.7. The molecule has 3 aromatic carbocycles. The zero-order valence-electron chi connectivity index (χ0n) is 19.2. The summed E-state index contributed by atoms with van der Waals surface area (Å²) in [5.41, 5.74) is 0.785. The smallest absolute Gasteiger partial charge is 0.415 e. The number of ether oxygens (including phenoxy) is 1. The number of amides is 1. The highest BCUT2D eigenvalue weighted by Crippen LogP contribution is 2.56. The summed E-state index contributed by atoms with van der Waals surface area (Å²) in [4.78, 5) is 29.2. The van der Waals surface area contributed by atoms with Crippen molar-refractivity contribution in [3.63, 3.8) is 0 Å². The Balaban J connectivity index is 2.10. The van der Waals surface area contributed by atoms with E-state index in [4.69, 9.17) is 28.1 Å². The van der Waals surface area contributed by atoms with Crippen LogP contribution in [0.4, 0.5) is 4.79 Å². The maximum absolute atomic E-state index is 13.7. The number of aliphatic carboxylic acids is 1. The minimum Gasteiger partial charge on any atom is -0.480 e. The van der Waals surface area contributed by atoms with Crippen molar-refractivity contribution in [2.24, 2.45) is 0 Å². The van der Waals surface area contributed by atoms with Crippen LogP contribution in [0.25, 0.3) is 0 Å². The maximum atomic E-state index is 13.7. The number of carbonyl (C=O) groups is 2. The van der Waals surface area contributed by atoms with Gasteiger partial charge in [0.2, 0.25) is 7.36 Å². The van der Waals surface area contributed by atoms with Crippen LogP contribution in [0, 0.1) is 0 Å². The van der Waals surface area contributed by atoms with Gasteiger partial charge in [-0.05, 0) is 84.0 Å². The number of alkyl halides is 1. The van der Waals surface area contributed by atoms with Crippen molar-refractivity contribution in [2.45, 2.75) is 32.8 Å². The Morgan fingerprint density at radius 1 is 0.973 bits per heavy atom. The summed E-state index contributed by atoms with van der Waals surface area (Å²) in [6.45, 7) is -0.00803. The molecule has 3 rings (SSSR count). The highest BCUT2D eigenvalue weighted by molar-refractivity contribution is 9.10. The summed E-state index contributed by atoms with van der Waals surface area (Å²) >= 11 is 21.3. The fourth-order valence-corrected chi connectivity index (χ4v) is 8.94. The van der Waals surface area contributed by atoms with Crippen LogP contribution >= 0.6 is 74.3 Å². The summed E-state index contributed by atoms with van der Waals surface area (Å²) in [5.74, 6) is -1.13. The summed E-state index contributed by atoms with van der Waals surface area (Å²) in [5, 5.41) is 10.2. The van der Waals surface area contributed by atoms with Crippen molar-refractivity contribution in [1.29, 1.82) is 0 Å². The predicted molar refractivity (Wildman–Crippen MR) is 164 cm³/mol. The molecule has 0 saturated carbocycles. The molecule has 0 aromatic heterocycles. The van der Waals surface area contributed by atoms with E-state index in [-0.39, 0.29) is 26.3 Å². The molecule has 2 atom stereocenters. The third kappa shape index (κ3) is 8.68. The standard InChI is InChI=1S/C25H21Br2ClNO4PS3/c26-18-6-10-20(11-7-18)36-25(34-35,37-21-12-8-19(27)9-13-21)29(22(14-15-28)23(30)31)24(32)33-16-17-4-2-1-3-5-17/h1-13,22H,14-16H2,(H,30,31)/p+1. The highest BCUT2D eigenvalue weighted by Gasteiger charge is 2.54. The number of carboxylic acids is 1. The van der Waals surface area contributed by atoms with Crippen molar-refractivity contribution in [3.05, 3.63) is 93.4 Å². The monoisotopic (exact) mass is 720 g/mol. The van der Waals surface area contributed by atoms with E-state index in [1.54, 1.807) is 0 Å². The Morgan fingerprint density at radius 3 is 1.92 bits per heavy atom. The van der Waals surface area contributed by atoms with Crippen molar-refractivity contribution in [3.8, 4) is 0 Å². The molecular weight excluding hydrogens is 701 g/mol. The van der Waals surface area contributed by atoms with E-state index in [0.717, 1.165) is 24.3 Å². The van der Waals surface area contributed by atoms with Gasteiger partial charge in [0.25, 0.3) is 0 Å². The third-order valence-corrected chi connectivity index (χ3v) is 12.1. The third-order valence-electron chi connectivity index (χ3n) is 4.97. The van der Waals surface area contributed by atoms with Gasteiger partial charge in [0, 0.05) is 24.6 Å². The number of carbonyl (C=O) groups excluding carboxylic acids is 1. The molecule has 37 heavy (non-hydrogen) atoms. The van der Waals surface area contributed by atoms with Gasteiger partial charge >= 0.3 is 16.0 Å². The molecule has 0 radical (unpaired) electrons. The van der Waals surface area contributed by atoms with Crippen molar-refractivity contribution < 1.29 is 19.4 Å². The molecule has 194 valence electrons. The second kappa shape index (κ2) is 14.9. The van der Waals surface area contributed by atoms with E-state index in [1.165, 1.54) is 28.4 Å². The average molecular weight is 723 g/mol. The second-order valence-electron chi connectivity index (χ2n) is 7.54.